The molecule has 2 rings (SSSR count). The van der Waals surface area contributed by atoms with Gasteiger partial charge in [-0.1, -0.05) is 24.6 Å². The summed E-state index contributed by atoms with van der Waals surface area (Å²) in [5, 5.41) is 13.1. The van der Waals surface area contributed by atoms with Crippen molar-refractivity contribution in [2.24, 2.45) is 5.92 Å². The van der Waals surface area contributed by atoms with Gasteiger partial charge in [-0.25, -0.2) is 0 Å². The van der Waals surface area contributed by atoms with Gasteiger partial charge in [-0.3, -0.25) is 0 Å². The van der Waals surface area contributed by atoms with Gasteiger partial charge in [0.15, 0.2) is 0 Å². The summed E-state index contributed by atoms with van der Waals surface area (Å²) in [5.41, 5.74) is 2.21. The zero-order valence-corrected chi connectivity index (χ0v) is 9.46. The summed E-state index contributed by atoms with van der Waals surface area (Å²) in [5.74, 6) is 1.27. The summed E-state index contributed by atoms with van der Waals surface area (Å²) in [7, 11) is 0. The molecule has 1 aliphatic rings. The molecule has 0 aromatic heterocycles. The molecule has 0 radical (unpaired) electrons. The number of aryl methyl sites for hydroxylation is 1. The highest BCUT2D eigenvalue weighted by molar-refractivity contribution is 5.35. The maximum absolute atomic E-state index is 9.65. The van der Waals surface area contributed by atoms with Crippen molar-refractivity contribution in [1.29, 1.82) is 0 Å². The molecular weight excluding hydrogens is 186 g/mol. The van der Waals surface area contributed by atoms with Crippen LogP contribution in [0.2, 0.25) is 0 Å². The molecule has 0 saturated heterocycles. The predicted octanol–water partition coefficient (Wildman–Crippen LogP) is 2.59. The Morgan fingerprint density at radius 2 is 2.13 bits per heavy atom. The smallest absolute Gasteiger partial charge is 0.120 e. The third-order valence-electron chi connectivity index (χ3n) is 3.19. The Morgan fingerprint density at radius 3 is 2.80 bits per heavy atom. The van der Waals surface area contributed by atoms with Crippen LogP contribution in [0.25, 0.3) is 0 Å². The standard InChI is InChI=1S/C13H19NO/c1-9-3-4-13(15)11(5-9)8-14-12-6-10(2)7-12/h3-5,10,12,14-15H,6-8H2,1-2H3. The number of phenolic OH excluding ortho intramolecular Hbond substituents is 1. The van der Waals surface area contributed by atoms with Crippen molar-refractivity contribution >= 4 is 0 Å². The van der Waals surface area contributed by atoms with Crippen molar-refractivity contribution in [2.75, 3.05) is 0 Å². The molecule has 15 heavy (non-hydrogen) atoms. The second kappa shape index (κ2) is 4.23. The summed E-state index contributed by atoms with van der Waals surface area (Å²) in [6.45, 7) is 5.11. The Kier molecular flexibility index (Phi) is 2.96. The van der Waals surface area contributed by atoms with Crippen molar-refractivity contribution < 1.29 is 5.11 Å². The third-order valence-corrected chi connectivity index (χ3v) is 3.19. The number of hydrogen-bond donors (Lipinski definition) is 2. The zero-order valence-electron chi connectivity index (χ0n) is 9.46. The Morgan fingerprint density at radius 1 is 1.40 bits per heavy atom. The molecule has 0 atom stereocenters. The summed E-state index contributed by atoms with van der Waals surface area (Å²) >= 11 is 0. The number of hydrogen-bond acceptors (Lipinski definition) is 2. The van der Waals surface area contributed by atoms with E-state index in [1.165, 1.54) is 18.4 Å². The quantitative estimate of drug-likeness (QED) is 0.795. The normalized spacial score (nSPS) is 24.9. The number of nitrogens with one attached hydrogen (secondary N) is 1. The van der Waals surface area contributed by atoms with E-state index in [1.807, 2.05) is 19.1 Å². The van der Waals surface area contributed by atoms with Crippen LogP contribution < -0.4 is 5.32 Å². The van der Waals surface area contributed by atoms with Crippen molar-refractivity contribution in [3.63, 3.8) is 0 Å². The molecule has 0 unspecified atom stereocenters. The molecular formula is C13H19NO. The minimum Gasteiger partial charge on any atom is -0.508 e. The van der Waals surface area contributed by atoms with Crippen LogP contribution in [0.15, 0.2) is 18.2 Å². The van der Waals surface area contributed by atoms with E-state index < -0.39 is 0 Å². The first-order chi connectivity index (χ1) is 7.15. The Balaban J connectivity index is 1.90. The molecule has 1 aromatic carbocycles. The fraction of sp³-hybridized carbons (Fsp3) is 0.538. The fourth-order valence-electron chi connectivity index (χ4n) is 2.18. The monoisotopic (exact) mass is 205 g/mol. The van der Waals surface area contributed by atoms with Gasteiger partial charge in [0, 0.05) is 18.2 Å². The third kappa shape index (κ3) is 2.51. The van der Waals surface area contributed by atoms with Gasteiger partial charge in [-0.2, -0.15) is 0 Å². The molecule has 1 fully saturated rings. The molecule has 0 aliphatic heterocycles. The van der Waals surface area contributed by atoms with Gasteiger partial charge < -0.3 is 10.4 Å². The van der Waals surface area contributed by atoms with E-state index in [-0.39, 0.29) is 0 Å². The Hall–Kier alpha value is -1.02. The van der Waals surface area contributed by atoms with Crippen LogP contribution >= 0.6 is 0 Å². The second-order valence-corrected chi connectivity index (χ2v) is 4.79. The summed E-state index contributed by atoms with van der Waals surface area (Å²) in [6, 6.07) is 6.41. The van der Waals surface area contributed by atoms with Crippen LogP contribution in [0.4, 0.5) is 0 Å². The molecule has 0 amide bonds. The van der Waals surface area contributed by atoms with Gasteiger partial charge in [0.25, 0.3) is 0 Å². The number of aromatic hydroxyl groups is 1. The maximum Gasteiger partial charge on any atom is 0.120 e. The van der Waals surface area contributed by atoms with Crippen LogP contribution in [-0.4, -0.2) is 11.1 Å². The average molecular weight is 205 g/mol. The van der Waals surface area contributed by atoms with E-state index in [0.29, 0.717) is 11.8 Å². The minimum atomic E-state index is 0.403. The highest BCUT2D eigenvalue weighted by atomic mass is 16.3. The molecule has 82 valence electrons. The second-order valence-electron chi connectivity index (χ2n) is 4.79. The first-order valence-electron chi connectivity index (χ1n) is 5.67. The molecule has 0 bridgehead atoms. The van der Waals surface area contributed by atoms with Gasteiger partial charge in [-0.15, -0.1) is 0 Å². The van der Waals surface area contributed by atoms with Crippen LogP contribution in [0, 0.1) is 12.8 Å². The lowest BCUT2D eigenvalue weighted by Crippen LogP contribution is -2.39. The zero-order chi connectivity index (χ0) is 10.8. The first-order valence-corrected chi connectivity index (χ1v) is 5.67. The summed E-state index contributed by atoms with van der Waals surface area (Å²) < 4.78 is 0. The van der Waals surface area contributed by atoms with E-state index >= 15 is 0 Å². The van der Waals surface area contributed by atoms with E-state index in [1.54, 1.807) is 6.07 Å². The molecule has 1 saturated carbocycles. The van der Waals surface area contributed by atoms with Crippen molar-refractivity contribution in [3.8, 4) is 5.75 Å². The lowest BCUT2D eigenvalue weighted by molar-refractivity contribution is 0.239. The lowest BCUT2D eigenvalue weighted by Gasteiger charge is -2.33. The summed E-state index contributed by atoms with van der Waals surface area (Å²) in [6.07, 6.45) is 2.54. The van der Waals surface area contributed by atoms with Gasteiger partial charge in [0.05, 0.1) is 0 Å². The van der Waals surface area contributed by atoms with Gasteiger partial charge >= 0.3 is 0 Å². The first kappa shape index (κ1) is 10.5. The Labute approximate surface area is 91.3 Å². The highest BCUT2D eigenvalue weighted by Crippen LogP contribution is 2.27. The SMILES string of the molecule is Cc1ccc(O)c(CNC2CC(C)C2)c1. The van der Waals surface area contributed by atoms with Gasteiger partial charge in [0.2, 0.25) is 0 Å². The van der Waals surface area contributed by atoms with Gasteiger partial charge in [-0.05, 0) is 31.7 Å². The largest absolute Gasteiger partial charge is 0.508 e. The molecule has 0 heterocycles. The van der Waals surface area contributed by atoms with E-state index in [9.17, 15) is 5.11 Å². The van der Waals surface area contributed by atoms with Gasteiger partial charge in [0.1, 0.15) is 5.75 Å². The van der Waals surface area contributed by atoms with Crippen molar-refractivity contribution in [2.45, 2.75) is 39.3 Å². The lowest BCUT2D eigenvalue weighted by atomic mass is 9.82. The van der Waals surface area contributed by atoms with Crippen molar-refractivity contribution in [1.82, 2.24) is 5.32 Å². The van der Waals surface area contributed by atoms with Crippen molar-refractivity contribution in [3.05, 3.63) is 29.3 Å². The van der Waals surface area contributed by atoms with E-state index in [4.69, 9.17) is 0 Å². The molecule has 2 heteroatoms. The topological polar surface area (TPSA) is 32.3 Å². The van der Waals surface area contributed by atoms with E-state index in [0.717, 1.165) is 18.0 Å². The van der Waals surface area contributed by atoms with Crippen LogP contribution in [0.1, 0.15) is 30.9 Å². The van der Waals surface area contributed by atoms with Crippen LogP contribution in [-0.2, 0) is 6.54 Å². The maximum atomic E-state index is 9.65. The number of benzene rings is 1. The highest BCUT2D eigenvalue weighted by Gasteiger charge is 2.24. The average Bonchev–Trinajstić information content (AvgIpc) is 2.16. The van der Waals surface area contributed by atoms with Crippen LogP contribution in [0.3, 0.4) is 0 Å². The number of rotatable bonds is 3. The number of phenols is 1. The predicted molar refractivity (Wildman–Crippen MR) is 61.9 cm³/mol. The molecule has 1 aliphatic carbocycles. The van der Waals surface area contributed by atoms with E-state index in [2.05, 4.69) is 12.2 Å². The molecule has 0 spiro atoms. The molecule has 2 nitrogen and oxygen atoms in total. The Bertz CT molecular complexity index is 342. The molecule has 1 aromatic rings. The minimum absolute atomic E-state index is 0.403. The fourth-order valence-corrected chi connectivity index (χ4v) is 2.18. The van der Waals surface area contributed by atoms with Crippen LogP contribution in [0.5, 0.6) is 5.75 Å². The molecule has 2 N–H and O–H groups in total. The summed E-state index contributed by atoms with van der Waals surface area (Å²) in [4.78, 5) is 0.